The third-order valence-corrected chi connectivity index (χ3v) is 2.33. The van der Waals surface area contributed by atoms with Gasteiger partial charge in [-0.1, -0.05) is 24.3 Å². The minimum atomic E-state index is 0.492. The van der Waals surface area contributed by atoms with Crippen LogP contribution in [-0.4, -0.2) is 6.54 Å². The maximum atomic E-state index is 8.42. The molecule has 0 aromatic carbocycles. The second kappa shape index (κ2) is 6.04. The fraction of sp³-hybridized carbons (Fsp3) is 0.417. The summed E-state index contributed by atoms with van der Waals surface area (Å²) >= 11 is 0. The molecular formula is C12H16N2. The van der Waals surface area contributed by atoms with Crippen LogP contribution in [0.25, 0.3) is 0 Å². The molecule has 1 aliphatic heterocycles. The Morgan fingerprint density at radius 1 is 1.71 bits per heavy atom. The van der Waals surface area contributed by atoms with Crippen molar-refractivity contribution in [3.8, 4) is 6.07 Å². The molecule has 1 aliphatic rings. The van der Waals surface area contributed by atoms with E-state index in [2.05, 4.69) is 29.6 Å². The summed E-state index contributed by atoms with van der Waals surface area (Å²) in [6, 6.07) is 2.11. The highest BCUT2D eigenvalue weighted by molar-refractivity contribution is 5.26. The van der Waals surface area contributed by atoms with Crippen molar-refractivity contribution < 1.29 is 0 Å². The molecule has 0 radical (unpaired) electrons. The largest absolute Gasteiger partial charge is 0.391 e. The number of nitrogens with one attached hydrogen (secondary N) is 1. The van der Waals surface area contributed by atoms with Gasteiger partial charge in [0.1, 0.15) is 0 Å². The summed E-state index contributed by atoms with van der Waals surface area (Å²) in [7, 11) is 0. The molecular weight excluding hydrogens is 172 g/mol. The Morgan fingerprint density at radius 3 is 3.14 bits per heavy atom. The highest BCUT2D eigenvalue weighted by atomic mass is 14.8. The molecule has 0 aliphatic carbocycles. The van der Waals surface area contributed by atoms with E-state index in [1.165, 1.54) is 5.57 Å². The molecule has 1 N–H and O–H groups in total. The van der Waals surface area contributed by atoms with Gasteiger partial charge in [0.25, 0.3) is 0 Å². The van der Waals surface area contributed by atoms with E-state index in [0.29, 0.717) is 12.3 Å². The lowest BCUT2D eigenvalue weighted by Gasteiger charge is -2.18. The van der Waals surface area contributed by atoms with E-state index in [1.807, 2.05) is 19.2 Å². The molecule has 14 heavy (non-hydrogen) atoms. The highest BCUT2D eigenvalue weighted by Crippen LogP contribution is 2.19. The molecule has 0 fully saturated rings. The molecule has 2 heteroatoms. The van der Waals surface area contributed by atoms with E-state index in [1.54, 1.807) is 0 Å². The van der Waals surface area contributed by atoms with Gasteiger partial charge in [0.05, 0.1) is 12.5 Å². The van der Waals surface area contributed by atoms with Gasteiger partial charge in [0.15, 0.2) is 0 Å². The molecule has 0 aromatic rings. The third kappa shape index (κ3) is 3.10. The standard InChI is InChI=1S/C12H16N2/c1-2-11(5-3-4-8-13)12-6-9-14-10-7-12/h2-3,5-6,9,12,14H,4,7,10H2,1H3/b5-3-,11-2+. The Balaban J connectivity index is 2.58. The summed E-state index contributed by atoms with van der Waals surface area (Å²) in [5.41, 5.74) is 1.30. The van der Waals surface area contributed by atoms with Gasteiger partial charge in [-0.2, -0.15) is 5.26 Å². The zero-order valence-corrected chi connectivity index (χ0v) is 8.53. The van der Waals surface area contributed by atoms with Crippen molar-refractivity contribution >= 4 is 0 Å². The normalized spacial score (nSPS) is 22.0. The molecule has 0 spiro atoms. The van der Waals surface area contributed by atoms with Gasteiger partial charge in [-0.05, 0) is 25.1 Å². The van der Waals surface area contributed by atoms with Crippen LogP contribution in [0.1, 0.15) is 19.8 Å². The van der Waals surface area contributed by atoms with Crippen molar-refractivity contribution in [1.29, 1.82) is 5.26 Å². The van der Waals surface area contributed by atoms with Crippen LogP contribution >= 0.6 is 0 Å². The lowest BCUT2D eigenvalue weighted by Crippen LogP contribution is -2.17. The predicted molar refractivity (Wildman–Crippen MR) is 58.4 cm³/mol. The quantitative estimate of drug-likeness (QED) is 0.691. The maximum Gasteiger partial charge on any atom is 0.0663 e. The first-order valence-electron chi connectivity index (χ1n) is 4.98. The van der Waals surface area contributed by atoms with Crippen molar-refractivity contribution in [2.75, 3.05) is 6.54 Å². The van der Waals surface area contributed by atoms with Crippen LogP contribution in [-0.2, 0) is 0 Å². The van der Waals surface area contributed by atoms with Crippen molar-refractivity contribution in [1.82, 2.24) is 5.32 Å². The Hall–Kier alpha value is -1.49. The lowest BCUT2D eigenvalue weighted by molar-refractivity contribution is 0.618. The fourth-order valence-corrected chi connectivity index (χ4v) is 1.56. The average molecular weight is 188 g/mol. The Labute approximate surface area is 85.6 Å². The summed E-state index contributed by atoms with van der Waals surface area (Å²) in [5, 5.41) is 11.6. The van der Waals surface area contributed by atoms with Crippen LogP contribution in [0, 0.1) is 17.2 Å². The van der Waals surface area contributed by atoms with Crippen molar-refractivity contribution in [3.05, 3.63) is 36.1 Å². The molecule has 1 heterocycles. The van der Waals surface area contributed by atoms with Gasteiger partial charge in [-0.3, -0.25) is 0 Å². The Kier molecular flexibility index (Phi) is 4.57. The molecule has 1 unspecified atom stereocenters. The second-order valence-corrected chi connectivity index (χ2v) is 3.26. The summed E-state index contributed by atoms with van der Waals surface area (Å²) in [4.78, 5) is 0. The van der Waals surface area contributed by atoms with Gasteiger partial charge in [-0.25, -0.2) is 0 Å². The summed E-state index contributed by atoms with van der Waals surface area (Å²) < 4.78 is 0. The molecule has 0 bridgehead atoms. The minimum Gasteiger partial charge on any atom is -0.391 e. The minimum absolute atomic E-state index is 0.492. The predicted octanol–water partition coefficient (Wildman–Crippen LogP) is 2.53. The number of rotatable bonds is 3. The van der Waals surface area contributed by atoms with Gasteiger partial charge in [0, 0.05) is 12.5 Å². The third-order valence-electron chi connectivity index (χ3n) is 2.33. The van der Waals surface area contributed by atoms with Crippen LogP contribution in [0.4, 0.5) is 0 Å². The number of nitrogens with zero attached hydrogens (tertiary/aromatic N) is 1. The van der Waals surface area contributed by atoms with Gasteiger partial charge >= 0.3 is 0 Å². The van der Waals surface area contributed by atoms with Crippen LogP contribution in [0.5, 0.6) is 0 Å². The zero-order chi connectivity index (χ0) is 10.2. The van der Waals surface area contributed by atoms with E-state index in [4.69, 9.17) is 5.26 Å². The first-order valence-corrected chi connectivity index (χ1v) is 4.98. The Bertz CT molecular complexity index is 292. The maximum absolute atomic E-state index is 8.42. The summed E-state index contributed by atoms with van der Waals surface area (Å²) in [6.07, 6.45) is 11.9. The monoisotopic (exact) mass is 188 g/mol. The molecule has 0 amide bonds. The van der Waals surface area contributed by atoms with E-state index in [0.717, 1.165) is 13.0 Å². The molecule has 0 saturated heterocycles. The molecule has 1 rings (SSSR count). The first-order chi connectivity index (χ1) is 6.88. The molecule has 74 valence electrons. The van der Waals surface area contributed by atoms with Crippen LogP contribution in [0.15, 0.2) is 36.1 Å². The highest BCUT2D eigenvalue weighted by Gasteiger charge is 2.09. The number of hydrogen-bond acceptors (Lipinski definition) is 2. The van der Waals surface area contributed by atoms with Gasteiger partial charge in [-0.15, -0.1) is 0 Å². The van der Waals surface area contributed by atoms with Gasteiger partial charge < -0.3 is 5.32 Å². The van der Waals surface area contributed by atoms with E-state index < -0.39 is 0 Å². The average Bonchev–Trinajstić information content (AvgIpc) is 2.26. The first kappa shape index (κ1) is 10.6. The second-order valence-electron chi connectivity index (χ2n) is 3.26. The number of allylic oxidation sites excluding steroid dienone is 5. The zero-order valence-electron chi connectivity index (χ0n) is 8.53. The van der Waals surface area contributed by atoms with Crippen LogP contribution in [0.2, 0.25) is 0 Å². The molecule has 0 aromatic heterocycles. The topological polar surface area (TPSA) is 35.8 Å². The fourth-order valence-electron chi connectivity index (χ4n) is 1.56. The van der Waals surface area contributed by atoms with Crippen molar-refractivity contribution in [2.24, 2.45) is 5.92 Å². The van der Waals surface area contributed by atoms with Crippen LogP contribution < -0.4 is 5.32 Å². The number of nitriles is 1. The number of hydrogen-bond donors (Lipinski definition) is 1. The van der Waals surface area contributed by atoms with Crippen molar-refractivity contribution in [2.45, 2.75) is 19.8 Å². The lowest BCUT2D eigenvalue weighted by atomic mass is 9.93. The van der Waals surface area contributed by atoms with Gasteiger partial charge in [0.2, 0.25) is 0 Å². The molecule has 0 saturated carbocycles. The Morgan fingerprint density at radius 2 is 2.57 bits per heavy atom. The summed E-state index contributed by atoms with van der Waals surface area (Å²) in [5.74, 6) is 0.510. The van der Waals surface area contributed by atoms with Crippen molar-refractivity contribution in [3.63, 3.8) is 0 Å². The SMILES string of the molecule is C/C=C(\C=C/CC#N)C1C=CNCC1. The molecule has 1 atom stereocenters. The smallest absolute Gasteiger partial charge is 0.0663 e. The summed E-state index contributed by atoms with van der Waals surface area (Å²) in [6.45, 7) is 3.08. The molecule has 2 nitrogen and oxygen atoms in total. The van der Waals surface area contributed by atoms with Crippen LogP contribution in [0.3, 0.4) is 0 Å². The van der Waals surface area contributed by atoms with E-state index in [-0.39, 0.29) is 0 Å². The van der Waals surface area contributed by atoms with E-state index in [9.17, 15) is 0 Å². The van der Waals surface area contributed by atoms with E-state index >= 15 is 0 Å².